The Kier molecular flexibility index (Phi) is 3.71. The molecule has 1 rings (SSSR count). The van der Waals surface area contributed by atoms with E-state index in [2.05, 4.69) is 4.99 Å². The standard InChI is InChI=1S/C10H10N2O3/c1-8-3-2-4-10(12(14)15)9(8)5-6-11-7-13/h2-4H,5-6H2,1H3. The summed E-state index contributed by atoms with van der Waals surface area (Å²) in [6.45, 7) is 2.03. The van der Waals surface area contributed by atoms with Gasteiger partial charge >= 0.3 is 0 Å². The molecule has 1 aromatic rings. The van der Waals surface area contributed by atoms with E-state index >= 15 is 0 Å². The summed E-state index contributed by atoms with van der Waals surface area (Å²) in [6.07, 6.45) is 1.80. The largest absolute Gasteiger partial charge is 0.272 e. The second-order valence-electron chi connectivity index (χ2n) is 3.05. The molecule has 0 saturated heterocycles. The highest BCUT2D eigenvalue weighted by Gasteiger charge is 2.14. The van der Waals surface area contributed by atoms with E-state index in [9.17, 15) is 14.9 Å². The molecule has 5 heteroatoms. The summed E-state index contributed by atoms with van der Waals surface area (Å²) in [5, 5.41) is 10.7. The Morgan fingerprint density at radius 3 is 2.87 bits per heavy atom. The van der Waals surface area contributed by atoms with E-state index in [1.54, 1.807) is 19.1 Å². The number of hydrogen-bond donors (Lipinski definition) is 0. The summed E-state index contributed by atoms with van der Waals surface area (Å²) in [4.78, 5) is 23.5. The van der Waals surface area contributed by atoms with Crippen LogP contribution in [0.15, 0.2) is 23.2 Å². The van der Waals surface area contributed by atoms with Crippen molar-refractivity contribution in [1.82, 2.24) is 0 Å². The summed E-state index contributed by atoms with van der Waals surface area (Å²) >= 11 is 0. The fraction of sp³-hybridized carbons (Fsp3) is 0.300. The molecule has 0 aliphatic carbocycles. The highest BCUT2D eigenvalue weighted by molar-refractivity contribution is 5.45. The van der Waals surface area contributed by atoms with Gasteiger partial charge in [-0.3, -0.25) is 10.1 Å². The highest BCUT2D eigenvalue weighted by Crippen LogP contribution is 2.22. The summed E-state index contributed by atoms with van der Waals surface area (Å²) in [5.41, 5.74) is 1.54. The zero-order valence-electron chi connectivity index (χ0n) is 8.27. The molecule has 0 amide bonds. The van der Waals surface area contributed by atoms with E-state index in [1.807, 2.05) is 0 Å². The Morgan fingerprint density at radius 2 is 2.27 bits per heavy atom. The van der Waals surface area contributed by atoms with Crippen molar-refractivity contribution in [1.29, 1.82) is 0 Å². The van der Waals surface area contributed by atoms with Crippen molar-refractivity contribution >= 4 is 11.8 Å². The summed E-state index contributed by atoms with van der Waals surface area (Å²) in [7, 11) is 0. The fourth-order valence-electron chi connectivity index (χ4n) is 1.40. The second-order valence-corrected chi connectivity index (χ2v) is 3.05. The maximum atomic E-state index is 10.7. The Bertz CT molecular complexity index is 423. The normalized spacial score (nSPS) is 9.40. The predicted octanol–water partition coefficient (Wildman–Crippen LogP) is 1.78. The average Bonchev–Trinajstić information content (AvgIpc) is 2.20. The van der Waals surface area contributed by atoms with Gasteiger partial charge in [0.15, 0.2) is 0 Å². The van der Waals surface area contributed by atoms with Crippen molar-refractivity contribution in [2.75, 3.05) is 6.54 Å². The van der Waals surface area contributed by atoms with Gasteiger partial charge in [0.2, 0.25) is 6.08 Å². The van der Waals surface area contributed by atoms with Gasteiger partial charge in [-0.15, -0.1) is 0 Å². The summed E-state index contributed by atoms with van der Waals surface area (Å²) in [5.74, 6) is 0. The topological polar surface area (TPSA) is 72.6 Å². The third-order valence-corrected chi connectivity index (χ3v) is 2.12. The zero-order chi connectivity index (χ0) is 11.3. The number of isocyanates is 1. The maximum Gasteiger partial charge on any atom is 0.272 e. The molecule has 0 bridgehead atoms. The first kappa shape index (κ1) is 11.1. The lowest BCUT2D eigenvalue weighted by Crippen LogP contribution is -2.00. The quantitative estimate of drug-likeness (QED) is 0.326. The van der Waals surface area contributed by atoms with Crippen molar-refractivity contribution in [3.05, 3.63) is 39.4 Å². The van der Waals surface area contributed by atoms with Gasteiger partial charge in [-0.2, -0.15) is 0 Å². The minimum atomic E-state index is -0.424. The first-order chi connectivity index (χ1) is 7.16. The number of nitrogens with zero attached hydrogens (tertiary/aromatic N) is 2. The molecular formula is C10H10N2O3. The third-order valence-electron chi connectivity index (χ3n) is 2.12. The monoisotopic (exact) mass is 206 g/mol. The molecule has 0 unspecified atom stereocenters. The fourth-order valence-corrected chi connectivity index (χ4v) is 1.40. The molecule has 0 fully saturated rings. The van der Waals surface area contributed by atoms with Crippen LogP contribution in [0.3, 0.4) is 0 Å². The van der Waals surface area contributed by atoms with Crippen molar-refractivity contribution in [3.8, 4) is 0 Å². The number of aryl methyl sites for hydroxylation is 1. The molecule has 0 aliphatic rings. The highest BCUT2D eigenvalue weighted by atomic mass is 16.6. The van der Waals surface area contributed by atoms with Gasteiger partial charge in [0.1, 0.15) is 0 Å². The summed E-state index contributed by atoms with van der Waals surface area (Å²) < 4.78 is 0. The summed E-state index contributed by atoms with van der Waals surface area (Å²) in [6, 6.07) is 4.89. The van der Waals surface area contributed by atoms with Crippen molar-refractivity contribution < 1.29 is 9.72 Å². The number of rotatable bonds is 4. The van der Waals surface area contributed by atoms with Gasteiger partial charge in [-0.05, 0) is 18.9 Å². The second kappa shape index (κ2) is 5.02. The van der Waals surface area contributed by atoms with Crippen LogP contribution in [0.2, 0.25) is 0 Å². The minimum absolute atomic E-state index is 0.0797. The third kappa shape index (κ3) is 2.72. The molecule has 0 atom stereocenters. The van der Waals surface area contributed by atoms with Gasteiger partial charge in [0.05, 0.1) is 11.5 Å². The van der Waals surface area contributed by atoms with Crippen LogP contribution in [0.25, 0.3) is 0 Å². The van der Waals surface area contributed by atoms with E-state index in [4.69, 9.17) is 0 Å². The van der Waals surface area contributed by atoms with Crippen molar-refractivity contribution in [2.24, 2.45) is 4.99 Å². The average molecular weight is 206 g/mol. The number of aliphatic imine (C=N–C) groups is 1. The SMILES string of the molecule is Cc1cccc([N+](=O)[O-])c1CCN=C=O. The molecule has 0 heterocycles. The van der Waals surface area contributed by atoms with E-state index in [0.717, 1.165) is 5.56 Å². The first-order valence-electron chi connectivity index (χ1n) is 4.43. The zero-order valence-corrected chi connectivity index (χ0v) is 8.27. The Labute approximate surface area is 86.6 Å². The molecule has 0 saturated carbocycles. The molecule has 0 N–H and O–H groups in total. The van der Waals surface area contributed by atoms with Crippen LogP contribution in [0.4, 0.5) is 5.69 Å². The molecule has 0 spiro atoms. The maximum absolute atomic E-state index is 10.7. The van der Waals surface area contributed by atoms with Gasteiger partial charge in [0.25, 0.3) is 5.69 Å². The van der Waals surface area contributed by atoms with E-state index in [1.165, 1.54) is 12.1 Å². The molecule has 0 radical (unpaired) electrons. The Balaban J connectivity index is 3.01. The van der Waals surface area contributed by atoms with Crippen molar-refractivity contribution in [3.63, 3.8) is 0 Å². The van der Waals surface area contributed by atoms with Crippen LogP contribution in [0, 0.1) is 17.0 Å². The number of hydrogen-bond acceptors (Lipinski definition) is 4. The van der Waals surface area contributed by atoms with Crippen LogP contribution < -0.4 is 0 Å². The molecular weight excluding hydrogens is 196 g/mol. The van der Waals surface area contributed by atoms with E-state index < -0.39 is 4.92 Å². The van der Waals surface area contributed by atoms with Crippen LogP contribution in [0.1, 0.15) is 11.1 Å². The van der Waals surface area contributed by atoms with Gasteiger partial charge in [-0.1, -0.05) is 12.1 Å². The lowest BCUT2D eigenvalue weighted by atomic mass is 10.0. The van der Waals surface area contributed by atoms with Crippen LogP contribution in [0.5, 0.6) is 0 Å². The Hall–Kier alpha value is -2.00. The lowest BCUT2D eigenvalue weighted by Gasteiger charge is -2.03. The molecule has 0 aromatic heterocycles. The van der Waals surface area contributed by atoms with Gasteiger partial charge in [-0.25, -0.2) is 9.79 Å². The number of nitro benzene ring substituents is 1. The van der Waals surface area contributed by atoms with Crippen LogP contribution in [-0.2, 0) is 11.2 Å². The van der Waals surface area contributed by atoms with E-state index in [0.29, 0.717) is 12.0 Å². The lowest BCUT2D eigenvalue weighted by molar-refractivity contribution is -0.385. The smallest absolute Gasteiger partial charge is 0.258 e. The first-order valence-corrected chi connectivity index (χ1v) is 4.43. The van der Waals surface area contributed by atoms with E-state index in [-0.39, 0.29) is 12.2 Å². The molecule has 1 aromatic carbocycles. The molecule has 15 heavy (non-hydrogen) atoms. The Morgan fingerprint density at radius 1 is 1.53 bits per heavy atom. The number of carbonyl (C=O) groups excluding carboxylic acids is 1. The molecule has 5 nitrogen and oxygen atoms in total. The number of nitro groups is 1. The van der Waals surface area contributed by atoms with Crippen LogP contribution in [-0.4, -0.2) is 17.5 Å². The predicted molar refractivity (Wildman–Crippen MR) is 54.5 cm³/mol. The number of benzene rings is 1. The van der Waals surface area contributed by atoms with Crippen LogP contribution >= 0.6 is 0 Å². The van der Waals surface area contributed by atoms with Gasteiger partial charge < -0.3 is 0 Å². The van der Waals surface area contributed by atoms with Gasteiger partial charge in [0, 0.05) is 11.6 Å². The minimum Gasteiger partial charge on any atom is -0.258 e. The molecule has 78 valence electrons. The van der Waals surface area contributed by atoms with Crippen molar-refractivity contribution in [2.45, 2.75) is 13.3 Å². The molecule has 0 aliphatic heterocycles.